The highest BCUT2D eigenvalue weighted by Crippen LogP contribution is 2.29. The van der Waals surface area contributed by atoms with Gasteiger partial charge in [-0.05, 0) is 37.5 Å². The minimum atomic E-state index is -3.77. The molecule has 31 heavy (non-hydrogen) atoms. The van der Waals surface area contributed by atoms with Crippen LogP contribution in [-0.4, -0.2) is 82.6 Å². The normalized spacial score (nSPS) is 20.3. The molecule has 0 bridgehead atoms. The Morgan fingerprint density at radius 3 is 2.61 bits per heavy atom. The van der Waals surface area contributed by atoms with Crippen molar-refractivity contribution in [3.8, 4) is 5.75 Å². The van der Waals surface area contributed by atoms with Crippen LogP contribution in [0, 0.1) is 5.92 Å². The number of benzene rings is 1. The molecule has 0 aromatic heterocycles. The van der Waals surface area contributed by atoms with E-state index < -0.39 is 10.0 Å². The van der Waals surface area contributed by atoms with E-state index in [2.05, 4.69) is 0 Å². The van der Waals surface area contributed by atoms with Crippen LogP contribution >= 0.6 is 0 Å². The molecule has 1 aromatic rings. The molecule has 0 N–H and O–H groups in total. The number of amides is 1. The van der Waals surface area contributed by atoms with Crippen molar-refractivity contribution in [1.82, 2.24) is 9.21 Å². The molecule has 1 amide bonds. The van der Waals surface area contributed by atoms with Crippen LogP contribution in [0.3, 0.4) is 0 Å². The van der Waals surface area contributed by atoms with E-state index in [0.29, 0.717) is 44.9 Å². The first-order chi connectivity index (χ1) is 14.9. The monoisotopic (exact) mass is 454 g/mol. The molecule has 0 saturated carbocycles. The first-order valence-electron chi connectivity index (χ1n) is 10.6. The Balaban J connectivity index is 1.75. The number of rotatable bonds is 7. The number of hydrogen-bond acceptors (Lipinski definition) is 7. The maximum absolute atomic E-state index is 13.1. The molecule has 2 fully saturated rings. The van der Waals surface area contributed by atoms with Crippen LogP contribution in [0.2, 0.25) is 0 Å². The van der Waals surface area contributed by atoms with Gasteiger partial charge in [-0.25, -0.2) is 8.42 Å². The number of likely N-dealkylation sites (tertiary alicyclic amines) is 1. The Bertz CT molecular complexity index is 897. The molecule has 0 aliphatic carbocycles. The summed E-state index contributed by atoms with van der Waals surface area (Å²) in [7, 11) is -2.35. The van der Waals surface area contributed by atoms with E-state index in [0.717, 1.165) is 6.42 Å². The molecule has 2 saturated heterocycles. The summed E-state index contributed by atoms with van der Waals surface area (Å²) in [6.45, 7) is 4.21. The number of methoxy groups -OCH3 is 1. The average Bonchev–Trinajstić information content (AvgIpc) is 2.80. The van der Waals surface area contributed by atoms with E-state index in [1.807, 2.05) is 0 Å². The number of hydrogen-bond donors (Lipinski definition) is 0. The van der Waals surface area contributed by atoms with Gasteiger partial charge in [-0.2, -0.15) is 4.31 Å². The van der Waals surface area contributed by atoms with Gasteiger partial charge in [0.2, 0.25) is 15.9 Å². The fraction of sp³-hybridized carbons (Fsp3) is 0.619. The van der Waals surface area contributed by atoms with Crippen LogP contribution < -0.4 is 4.74 Å². The van der Waals surface area contributed by atoms with Gasteiger partial charge in [-0.15, -0.1) is 0 Å². The number of piperidine rings is 1. The summed E-state index contributed by atoms with van der Waals surface area (Å²) in [5, 5.41) is 0. The summed E-state index contributed by atoms with van der Waals surface area (Å²) in [4.78, 5) is 26.6. The SMILES string of the molecule is CCOC(=O)C1CCCN(C(=O)Cc2ccc(OC)c(S(=O)(=O)N3CCOCC3)c2)C1. The highest BCUT2D eigenvalue weighted by Gasteiger charge is 2.31. The van der Waals surface area contributed by atoms with E-state index in [9.17, 15) is 18.0 Å². The third kappa shape index (κ3) is 5.55. The quantitative estimate of drug-likeness (QED) is 0.568. The lowest BCUT2D eigenvalue weighted by Gasteiger charge is -2.31. The molecule has 0 spiro atoms. The Hall–Kier alpha value is -2.17. The summed E-state index contributed by atoms with van der Waals surface area (Å²) in [6.07, 6.45) is 1.48. The maximum Gasteiger partial charge on any atom is 0.310 e. The minimum absolute atomic E-state index is 0.0465. The van der Waals surface area contributed by atoms with Crippen molar-refractivity contribution in [3.63, 3.8) is 0 Å². The fourth-order valence-corrected chi connectivity index (χ4v) is 5.52. The van der Waals surface area contributed by atoms with Gasteiger partial charge in [0, 0.05) is 26.2 Å². The molecule has 3 rings (SSSR count). The van der Waals surface area contributed by atoms with Crippen molar-refractivity contribution in [2.24, 2.45) is 5.92 Å². The number of carbonyl (C=O) groups excluding carboxylic acids is 2. The van der Waals surface area contributed by atoms with E-state index >= 15 is 0 Å². The van der Waals surface area contributed by atoms with E-state index in [1.54, 1.807) is 24.0 Å². The van der Waals surface area contributed by atoms with Crippen molar-refractivity contribution in [2.45, 2.75) is 31.1 Å². The second-order valence-corrected chi connectivity index (χ2v) is 9.52. The van der Waals surface area contributed by atoms with Gasteiger partial charge in [0.05, 0.1) is 39.3 Å². The Morgan fingerprint density at radius 2 is 1.94 bits per heavy atom. The Kier molecular flexibility index (Phi) is 7.90. The van der Waals surface area contributed by atoms with E-state index in [4.69, 9.17) is 14.2 Å². The van der Waals surface area contributed by atoms with Crippen LogP contribution in [0.1, 0.15) is 25.3 Å². The van der Waals surface area contributed by atoms with Gasteiger partial charge in [-0.1, -0.05) is 6.07 Å². The summed E-state index contributed by atoms with van der Waals surface area (Å²) in [5.41, 5.74) is 0.580. The topological polar surface area (TPSA) is 102 Å². The number of sulfonamides is 1. The van der Waals surface area contributed by atoms with Gasteiger partial charge in [0.25, 0.3) is 0 Å². The zero-order valence-electron chi connectivity index (χ0n) is 18.0. The second-order valence-electron chi connectivity index (χ2n) is 7.61. The molecule has 172 valence electrons. The van der Waals surface area contributed by atoms with Gasteiger partial charge in [-0.3, -0.25) is 9.59 Å². The van der Waals surface area contributed by atoms with E-state index in [-0.39, 0.29) is 47.9 Å². The zero-order valence-corrected chi connectivity index (χ0v) is 18.9. The summed E-state index contributed by atoms with van der Waals surface area (Å²) in [6, 6.07) is 4.78. The maximum atomic E-state index is 13.1. The van der Waals surface area contributed by atoms with Gasteiger partial charge < -0.3 is 19.1 Å². The molecule has 1 aromatic carbocycles. The summed E-state index contributed by atoms with van der Waals surface area (Å²) in [5.74, 6) is -0.494. The molecule has 1 atom stereocenters. The Morgan fingerprint density at radius 1 is 1.19 bits per heavy atom. The largest absolute Gasteiger partial charge is 0.495 e. The third-order valence-electron chi connectivity index (χ3n) is 5.57. The van der Waals surface area contributed by atoms with Crippen LogP contribution in [0.15, 0.2) is 23.1 Å². The molecule has 10 heteroatoms. The first-order valence-corrected chi connectivity index (χ1v) is 12.0. The minimum Gasteiger partial charge on any atom is -0.495 e. The third-order valence-corrected chi connectivity index (χ3v) is 7.49. The summed E-state index contributed by atoms with van der Waals surface area (Å²) < 4.78 is 43.3. The predicted molar refractivity (Wildman–Crippen MR) is 112 cm³/mol. The second kappa shape index (κ2) is 10.4. The zero-order chi connectivity index (χ0) is 22.4. The smallest absolute Gasteiger partial charge is 0.310 e. The van der Waals surface area contributed by atoms with Crippen LogP contribution in [-0.2, 0) is 35.5 Å². The lowest BCUT2D eigenvalue weighted by Crippen LogP contribution is -2.43. The highest BCUT2D eigenvalue weighted by atomic mass is 32.2. The molecule has 1 unspecified atom stereocenters. The lowest BCUT2D eigenvalue weighted by atomic mass is 9.97. The number of carbonyl (C=O) groups is 2. The van der Waals surface area contributed by atoms with Crippen molar-refractivity contribution < 1.29 is 32.2 Å². The number of ether oxygens (including phenoxy) is 3. The number of esters is 1. The molecular weight excluding hydrogens is 424 g/mol. The number of morpholine rings is 1. The molecule has 2 aliphatic rings. The van der Waals surface area contributed by atoms with Crippen molar-refractivity contribution >= 4 is 21.9 Å². The number of nitrogens with zero attached hydrogens (tertiary/aromatic N) is 2. The molecule has 2 heterocycles. The first kappa shape index (κ1) is 23.5. The van der Waals surface area contributed by atoms with E-state index in [1.165, 1.54) is 17.5 Å². The van der Waals surface area contributed by atoms with Gasteiger partial charge in [0.1, 0.15) is 10.6 Å². The predicted octanol–water partition coefficient (Wildman–Crippen LogP) is 1.06. The van der Waals surface area contributed by atoms with Crippen LogP contribution in [0.5, 0.6) is 5.75 Å². The molecular formula is C21H30N2O7S. The summed E-state index contributed by atoms with van der Waals surface area (Å²) >= 11 is 0. The van der Waals surface area contributed by atoms with Crippen molar-refractivity contribution in [1.29, 1.82) is 0 Å². The van der Waals surface area contributed by atoms with Crippen LogP contribution in [0.25, 0.3) is 0 Å². The average molecular weight is 455 g/mol. The van der Waals surface area contributed by atoms with Crippen molar-refractivity contribution in [2.75, 3.05) is 53.1 Å². The standard InChI is InChI=1S/C21H30N2O7S/c1-3-30-21(25)17-5-4-8-22(15-17)20(24)14-16-6-7-18(28-2)19(13-16)31(26,27)23-9-11-29-12-10-23/h6-7,13,17H,3-5,8-12,14-15H2,1-2H3. The molecule has 2 aliphatic heterocycles. The Labute approximate surface area is 183 Å². The van der Waals surface area contributed by atoms with Crippen molar-refractivity contribution in [3.05, 3.63) is 23.8 Å². The lowest BCUT2D eigenvalue weighted by molar-refractivity contribution is -0.151. The molecule has 9 nitrogen and oxygen atoms in total. The van der Waals surface area contributed by atoms with Gasteiger partial charge >= 0.3 is 5.97 Å². The van der Waals surface area contributed by atoms with Gasteiger partial charge in [0.15, 0.2) is 0 Å². The highest BCUT2D eigenvalue weighted by molar-refractivity contribution is 7.89. The fourth-order valence-electron chi connectivity index (χ4n) is 3.90. The molecule has 0 radical (unpaired) electrons. The van der Waals surface area contributed by atoms with Crippen LogP contribution in [0.4, 0.5) is 0 Å².